The molecule has 0 bridgehead atoms. The van der Waals surface area contributed by atoms with Crippen molar-refractivity contribution in [3.63, 3.8) is 0 Å². The summed E-state index contributed by atoms with van der Waals surface area (Å²) in [5, 5.41) is 2.84. The molecule has 26 heavy (non-hydrogen) atoms. The first kappa shape index (κ1) is 19.8. The van der Waals surface area contributed by atoms with E-state index in [1.807, 2.05) is 30.3 Å². The van der Waals surface area contributed by atoms with Gasteiger partial charge in [-0.1, -0.05) is 54.1 Å². The Hall–Kier alpha value is -2.57. The minimum Gasteiger partial charge on any atom is -0.469 e. The fourth-order valence-corrected chi connectivity index (χ4v) is 2.80. The van der Waals surface area contributed by atoms with Crippen molar-refractivity contribution in [2.75, 3.05) is 12.4 Å². The third-order valence-corrected chi connectivity index (χ3v) is 4.21. The van der Waals surface area contributed by atoms with Crippen LogP contribution in [0.4, 0.5) is 10.5 Å². The Morgan fingerprint density at radius 2 is 1.85 bits per heavy atom. The fraction of sp³-hybridized carbons (Fsp3) is 0.263. The van der Waals surface area contributed by atoms with E-state index in [4.69, 9.17) is 22.1 Å². The number of methoxy groups -OCH3 is 1. The van der Waals surface area contributed by atoms with Gasteiger partial charge in [-0.3, -0.25) is 10.1 Å². The predicted octanol–water partition coefficient (Wildman–Crippen LogP) is 3.83. The smallest absolute Gasteiger partial charge is 0.412 e. The van der Waals surface area contributed by atoms with E-state index in [1.54, 1.807) is 25.1 Å². The number of esters is 1. The molecule has 0 heterocycles. The zero-order chi connectivity index (χ0) is 19.2. The second kappa shape index (κ2) is 8.69. The highest BCUT2D eigenvalue weighted by atomic mass is 35.5. The molecule has 0 aromatic heterocycles. The molecule has 138 valence electrons. The molecule has 1 atom stereocenters. The molecule has 2 aromatic carbocycles. The van der Waals surface area contributed by atoms with Crippen molar-refractivity contribution in [3.05, 3.63) is 64.7 Å². The number of hydrogen-bond acceptors (Lipinski definition) is 5. The second-order valence-electron chi connectivity index (χ2n) is 6.02. The monoisotopic (exact) mass is 376 g/mol. The van der Waals surface area contributed by atoms with Crippen LogP contribution in [0.15, 0.2) is 48.5 Å². The maximum absolute atomic E-state index is 12.0. The SMILES string of the molecule is COC(=O)CC(C)(N)c1cccc(NC(=O)OCc2ccccc2)c1Cl. The Kier molecular flexibility index (Phi) is 6.60. The summed E-state index contributed by atoms with van der Waals surface area (Å²) in [6, 6.07) is 14.3. The number of ether oxygens (including phenoxy) is 2. The van der Waals surface area contributed by atoms with Crippen molar-refractivity contribution in [2.24, 2.45) is 5.73 Å². The molecule has 2 rings (SSSR count). The Labute approximate surface area is 157 Å². The van der Waals surface area contributed by atoms with Gasteiger partial charge in [-0.25, -0.2) is 4.79 Å². The zero-order valence-electron chi connectivity index (χ0n) is 14.6. The van der Waals surface area contributed by atoms with Crippen molar-refractivity contribution in [1.82, 2.24) is 0 Å². The Morgan fingerprint density at radius 1 is 1.15 bits per heavy atom. The first-order valence-electron chi connectivity index (χ1n) is 7.96. The van der Waals surface area contributed by atoms with Crippen LogP contribution >= 0.6 is 11.6 Å². The number of amides is 1. The second-order valence-corrected chi connectivity index (χ2v) is 6.40. The maximum Gasteiger partial charge on any atom is 0.412 e. The van der Waals surface area contributed by atoms with E-state index < -0.39 is 17.6 Å². The molecular weight excluding hydrogens is 356 g/mol. The minimum atomic E-state index is -1.05. The predicted molar refractivity (Wildman–Crippen MR) is 99.9 cm³/mol. The van der Waals surface area contributed by atoms with E-state index in [0.29, 0.717) is 11.3 Å². The van der Waals surface area contributed by atoms with Crippen LogP contribution < -0.4 is 11.1 Å². The van der Waals surface area contributed by atoms with Crippen LogP contribution in [0.2, 0.25) is 5.02 Å². The molecular formula is C19H21ClN2O4. The molecule has 0 aliphatic carbocycles. The Balaban J connectivity index is 2.08. The number of carbonyl (C=O) groups is 2. The molecule has 2 aromatic rings. The van der Waals surface area contributed by atoms with Crippen molar-refractivity contribution in [1.29, 1.82) is 0 Å². The molecule has 0 aliphatic rings. The summed E-state index contributed by atoms with van der Waals surface area (Å²) in [5.41, 5.74) is 6.91. The van der Waals surface area contributed by atoms with Gasteiger partial charge in [-0.15, -0.1) is 0 Å². The highest BCUT2D eigenvalue weighted by Gasteiger charge is 2.29. The van der Waals surface area contributed by atoms with Gasteiger partial charge in [0.15, 0.2) is 0 Å². The molecule has 0 saturated carbocycles. The first-order valence-corrected chi connectivity index (χ1v) is 8.33. The number of hydrogen-bond donors (Lipinski definition) is 2. The number of rotatable bonds is 6. The average molecular weight is 377 g/mol. The van der Waals surface area contributed by atoms with Crippen LogP contribution in [0.5, 0.6) is 0 Å². The van der Waals surface area contributed by atoms with Crippen LogP contribution in [0, 0.1) is 0 Å². The Morgan fingerprint density at radius 3 is 2.50 bits per heavy atom. The summed E-state index contributed by atoms with van der Waals surface area (Å²) in [6.07, 6.45) is -0.690. The highest BCUT2D eigenvalue weighted by molar-refractivity contribution is 6.34. The molecule has 1 amide bonds. The van der Waals surface area contributed by atoms with E-state index in [1.165, 1.54) is 7.11 Å². The van der Waals surface area contributed by atoms with E-state index in [-0.39, 0.29) is 18.1 Å². The van der Waals surface area contributed by atoms with Crippen LogP contribution in [0.1, 0.15) is 24.5 Å². The van der Waals surface area contributed by atoms with Crippen molar-refractivity contribution in [2.45, 2.75) is 25.5 Å². The van der Waals surface area contributed by atoms with E-state index >= 15 is 0 Å². The molecule has 0 spiro atoms. The van der Waals surface area contributed by atoms with Gasteiger partial charge in [0, 0.05) is 0 Å². The lowest BCUT2D eigenvalue weighted by Crippen LogP contribution is -2.36. The van der Waals surface area contributed by atoms with Crippen LogP contribution in [0.25, 0.3) is 0 Å². The number of anilines is 1. The van der Waals surface area contributed by atoms with Gasteiger partial charge in [0.2, 0.25) is 0 Å². The summed E-state index contributed by atoms with van der Waals surface area (Å²) < 4.78 is 9.84. The highest BCUT2D eigenvalue weighted by Crippen LogP contribution is 2.34. The number of benzene rings is 2. The molecule has 1 unspecified atom stereocenters. The lowest BCUT2D eigenvalue weighted by atomic mass is 9.89. The number of carbonyl (C=O) groups excluding carboxylic acids is 2. The largest absolute Gasteiger partial charge is 0.469 e. The van der Waals surface area contributed by atoms with Crippen LogP contribution in [-0.2, 0) is 26.4 Å². The summed E-state index contributed by atoms with van der Waals surface area (Å²) in [6.45, 7) is 1.81. The molecule has 0 radical (unpaired) electrons. The lowest BCUT2D eigenvalue weighted by Gasteiger charge is -2.26. The van der Waals surface area contributed by atoms with Gasteiger partial charge in [0.05, 0.1) is 29.8 Å². The van der Waals surface area contributed by atoms with Gasteiger partial charge in [0.25, 0.3) is 0 Å². The third kappa shape index (κ3) is 5.21. The normalized spacial score (nSPS) is 12.8. The zero-order valence-corrected chi connectivity index (χ0v) is 15.4. The maximum atomic E-state index is 12.0. The van der Waals surface area contributed by atoms with Gasteiger partial charge in [-0.05, 0) is 24.1 Å². The first-order chi connectivity index (χ1) is 12.3. The average Bonchev–Trinajstić information content (AvgIpc) is 2.62. The van der Waals surface area contributed by atoms with E-state index in [2.05, 4.69) is 10.1 Å². The van der Waals surface area contributed by atoms with Gasteiger partial charge in [0.1, 0.15) is 6.61 Å². The third-order valence-electron chi connectivity index (χ3n) is 3.80. The molecule has 0 fully saturated rings. The lowest BCUT2D eigenvalue weighted by molar-refractivity contribution is -0.141. The summed E-state index contributed by atoms with van der Waals surface area (Å²) in [4.78, 5) is 23.6. The van der Waals surface area contributed by atoms with Crippen molar-refractivity contribution in [3.8, 4) is 0 Å². The number of nitrogens with one attached hydrogen (secondary N) is 1. The minimum absolute atomic E-state index is 0.0505. The number of nitrogens with two attached hydrogens (primary N) is 1. The van der Waals surface area contributed by atoms with E-state index in [0.717, 1.165) is 5.56 Å². The molecule has 0 aliphatic heterocycles. The summed E-state index contributed by atoms with van der Waals surface area (Å²) >= 11 is 6.38. The van der Waals surface area contributed by atoms with Gasteiger partial charge < -0.3 is 15.2 Å². The Bertz CT molecular complexity index is 778. The molecule has 7 heteroatoms. The van der Waals surface area contributed by atoms with Gasteiger partial charge >= 0.3 is 12.1 Å². The van der Waals surface area contributed by atoms with Crippen LogP contribution in [-0.4, -0.2) is 19.2 Å². The van der Waals surface area contributed by atoms with Crippen LogP contribution in [0.3, 0.4) is 0 Å². The molecule has 0 saturated heterocycles. The summed E-state index contributed by atoms with van der Waals surface area (Å²) in [5.74, 6) is -0.452. The van der Waals surface area contributed by atoms with Gasteiger partial charge in [-0.2, -0.15) is 0 Å². The molecule has 6 nitrogen and oxygen atoms in total. The van der Waals surface area contributed by atoms with Crippen molar-refractivity contribution < 1.29 is 19.1 Å². The molecule has 3 N–H and O–H groups in total. The van der Waals surface area contributed by atoms with E-state index in [9.17, 15) is 9.59 Å². The fourth-order valence-electron chi connectivity index (χ4n) is 2.41. The standard InChI is InChI=1S/C19H21ClN2O4/c1-19(21,11-16(23)25-2)14-9-6-10-15(17(14)20)22-18(24)26-12-13-7-4-3-5-8-13/h3-10H,11-12,21H2,1-2H3,(H,22,24). The number of halogens is 1. The topological polar surface area (TPSA) is 90.6 Å². The summed E-state index contributed by atoms with van der Waals surface area (Å²) in [7, 11) is 1.29. The quantitative estimate of drug-likeness (QED) is 0.748. The van der Waals surface area contributed by atoms with Crippen molar-refractivity contribution >= 4 is 29.4 Å².